The zero-order valence-corrected chi connectivity index (χ0v) is 17.2. The molecule has 2 unspecified atom stereocenters. The number of ether oxygens (including phenoxy) is 2. The predicted octanol–water partition coefficient (Wildman–Crippen LogP) is -0.247. The Kier molecular flexibility index (Phi) is 8.34. The Labute approximate surface area is 207 Å². The number of amides is 2. The SMILES string of the molecule is COC1(NC(=O)C(C=O)(OCc2ccccc2)c2ccccc2)CN(S(=O)(=O)O)C1=O.[NaH]. The summed E-state index contributed by atoms with van der Waals surface area (Å²) >= 11 is 0. The molecule has 0 bridgehead atoms. The first-order valence-corrected chi connectivity index (χ1v) is 10.5. The molecule has 32 heavy (non-hydrogen) atoms. The summed E-state index contributed by atoms with van der Waals surface area (Å²) in [5.74, 6) is -2.24. The van der Waals surface area contributed by atoms with E-state index in [1.807, 2.05) is 0 Å². The summed E-state index contributed by atoms with van der Waals surface area (Å²) in [5.41, 5.74) is -3.34. The molecule has 2 atom stereocenters. The summed E-state index contributed by atoms with van der Waals surface area (Å²) in [6.07, 6.45) is 0.299. The Bertz CT molecular complexity index is 1080. The van der Waals surface area contributed by atoms with E-state index in [0.29, 0.717) is 11.8 Å². The van der Waals surface area contributed by atoms with Crippen LogP contribution < -0.4 is 5.32 Å². The summed E-state index contributed by atoms with van der Waals surface area (Å²) in [6.45, 7) is -0.776. The van der Waals surface area contributed by atoms with Gasteiger partial charge in [0.2, 0.25) is 11.3 Å². The molecule has 0 aliphatic carbocycles. The van der Waals surface area contributed by atoms with Crippen LogP contribution in [0.1, 0.15) is 11.1 Å². The molecule has 3 rings (SSSR count). The minimum atomic E-state index is -4.82. The number of hydrogen-bond acceptors (Lipinski definition) is 7. The first-order chi connectivity index (χ1) is 14.7. The summed E-state index contributed by atoms with van der Waals surface area (Å²) in [6, 6.07) is 16.7. The van der Waals surface area contributed by atoms with Crippen molar-refractivity contribution in [1.29, 1.82) is 0 Å². The van der Waals surface area contributed by atoms with Gasteiger partial charge in [-0.2, -0.15) is 8.42 Å². The van der Waals surface area contributed by atoms with E-state index in [2.05, 4.69) is 5.32 Å². The van der Waals surface area contributed by atoms with Crippen molar-refractivity contribution in [3.05, 3.63) is 71.8 Å². The molecule has 1 aliphatic heterocycles. The maximum atomic E-state index is 13.3. The van der Waals surface area contributed by atoms with E-state index in [-0.39, 0.29) is 46.0 Å². The average Bonchev–Trinajstić information content (AvgIpc) is 2.77. The fourth-order valence-corrected chi connectivity index (χ4v) is 3.80. The molecule has 2 aromatic carbocycles. The number of hydrogen-bond donors (Lipinski definition) is 2. The van der Waals surface area contributed by atoms with E-state index in [0.717, 1.165) is 7.11 Å². The average molecular weight is 472 g/mol. The summed E-state index contributed by atoms with van der Waals surface area (Å²) in [7, 11) is -3.74. The third kappa shape index (κ3) is 4.94. The zero-order valence-electron chi connectivity index (χ0n) is 16.4. The van der Waals surface area contributed by atoms with Crippen LogP contribution in [-0.4, -0.2) is 84.3 Å². The van der Waals surface area contributed by atoms with E-state index in [1.54, 1.807) is 48.5 Å². The number of methoxy groups -OCH3 is 1. The molecule has 1 fully saturated rings. The van der Waals surface area contributed by atoms with E-state index < -0.39 is 40.0 Å². The molecule has 2 N–H and O–H groups in total. The van der Waals surface area contributed by atoms with Gasteiger partial charge in [-0.1, -0.05) is 60.7 Å². The van der Waals surface area contributed by atoms with Crippen molar-refractivity contribution in [2.45, 2.75) is 17.9 Å². The molecule has 0 spiro atoms. The van der Waals surface area contributed by atoms with Crippen LogP contribution in [0.4, 0.5) is 0 Å². The molecule has 12 heteroatoms. The van der Waals surface area contributed by atoms with Gasteiger partial charge in [-0.25, -0.2) is 4.31 Å². The Morgan fingerprint density at radius 1 is 1.19 bits per heavy atom. The van der Waals surface area contributed by atoms with E-state index in [4.69, 9.17) is 14.0 Å². The first kappa shape index (κ1) is 26.1. The summed E-state index contributed by atoms with van der Waals surface area (Å²) in [4.78, 5) is 37.8. The van der Waals surface area contributed by atoms with Crippen molar-refractivity contribution >= 4 is 58.0 Å². The number of aldehydes is 1. The molecule has 2 aromatic rings. The second-order valence-corrected chi connectivity index (χ2v) is 8.11. The Balaban J connectivity index is 0.00000363. The third-order valence-corrected chi connectivity index (χ3v) is 5.75. The number of nitrogens with one attached hydrogen (secondary N) is 1. The fourth-order valence-electron chi connectivity index (χ4n) is 3.10. The normalized spacial score (nSPS) is 19.8. The van der Waals surface area contributed by atoms with Crippen LogP contribution >= 0.6 is 0 Å². The van der Waals surface area contributed by atoms with Gasteiger partial charge in [-0.3, -0.25) is 18.9 Å². The Hall–Kier alpha value is -2.12. The van der Waals surface area contributed by atoms with Gasteiger partial charge < -0.3 is 14.8 Å². The first-order valence-electron chi connectivity index (χ1n) is 9.05. The maximum absolute atomic E-state index is 13.3. The summed E-state index contributed by atoms with van der Waals surface area (Å²) < 4.78 is 42.6. The van der Waals surface area contributed by atoms with Crippen LogP contribution in [0, 0.1) is 0 Å². The van der Waals surface area contributed by atoms with Gasteiger partial charge in [0, 0.05) is 12.7 Å². The molecule has 1 heterocycles. The van der Waals surface area contributed by atoms with Crippen molar-refractivity contribution in [3.63, 3.8) is 0 Å². The molecular weight excluding hydrogens is 451 g/mol. The van der Waals surface area contributed by atoms with Gasteiger partial charge in [0.15, 0.2) is 6.29 Å². The van der Waals surface area contributed by atoms with Gasteiger partial charge >= 0.3 is 39.9 Å². The van der Waals surface area contributed by atoms with Crippen LogP contribution in [0.2, 0.25) is 0 Å². The number of rotatable bonds is 9. The number of nitrogens with zero attached hydrogens (tertiary/aromatic N) is 1. The molecule has 166 valence electrons. The second kappa shape index (κ2) is 10.2. The number of β-lactam (4-membered cyclic amide) rings is 1. The Morgan fingerprint density at radius 3 is 2.22 bits per heavy atom. The topological polar surface area (TPSA) is 139 Å². The van der Waals surface area contributed by atoms with Crippen LogP contribution in [0.15, 0.2) is 60.7 Å². The Morgan fingerprint density at radius 2 is 1.75 bits per heavy atom. The van der Waals surface area contributed by atoms with Crippen LogP contribution in [-0.2, 0) is 46.4 Å². The second-order valence-electron chi connectivity index (χ2n) is 6.77. The fraction of sp³-hybridized carbons (Fsp3) is 0.250. The molecule has 0 aromatic heterocycles. The van der Waals surface area contributed by atoms with Crippen molar-refractivity contribution in [1.82, 2.24) is 9.62 Å². The molecule has 0 radical (unpaired) electrons. The van der Waals surface area contributed by atoms with Crippen molar-refractivity contribution in [3.8, 4) is 0 Å². The van der Waals surface area contributed by atoms with Gasteiger partial charge in [0.1, 0.15) is 0 Å². The van der Waals surface area contributed by atoms with E-state index >= 15 is 0 Å². The minimum absolute atomic E-state index is 0. The van der Waals surface area contributed by atoms with E-state index in [9.17, 15) is 22.8 Å². The monoisotopic (exact) mass is 472 g/mol. The zero-order chi connectivity index (χ0) is 22.7. The standard InChI is InChI=1S/C20H20N2O8S.Na.H/c1-29-20(13-22(18(20)25)31(26,27)28)21-17(24)19(14-23,16-10-6-3-7-11-16)30-12-15-8-4-2-5-9-15;;/h2-11,14H,12-13H2,1H3,(H,21,24)(H,26,27,28);;. The molecular formula is C20H21N2NaO8S. The van der Waals surface area contributed by atoms with E-state index in [1.165, 1.54) is 12.1 Å². The van der Waals surface area contributed by atoms with Crippen molar-refractivity contribution in [2.24, 2.45) is 0 Å². The van der Waals surface area contributed by atoms with Gasteiger partial charge in [0.05, 0.1) is 13.2 Å². The van der Waals surface area contributed by atoms with Crippen LogP contribution in [0.3, 0.4) is 0 Å². The number of carbonyl (C=O) groups is 3. The van der Waals surface area contributed by atoms with Crippen LogP contribution in [0.5, 0.6) is 0 Å². The van der Waals surface area contributed by atoms with Crippen molar-refractivity contribution < 1.29 is 36.8 Å². The number of benzene rings is 2. The van der Waals surface area contributed by atoms with Gasteiger partial charge in [0.25, 0.3) is 11.8 Å². The molecule has 0 saturated carbocycles. The predicted molar refractivity (Wildman–Crippen MR) is 114 cm³/mol. The molecule has 1 saturated heterocycles. The summed E-state index contributed by atoms with van der Waals surface area (Å²) in [5, 5.41) is 2.27. The quantitative estimate of drug-likeness (QED) is 0.127. The molecule has 1 aliphatic rings. The third-order valence-electron chi connectivity index (χ3n) is 4.90. The molecule has 10 nitrogen and oxygen atoms in total. The van der Waals surface area contributed by atoms with Crippen molar-refractivity contribution in [2.75, 3.05) is 13.7 Å². The van der Waals surface area contributed by atoms with Crippen LogP contribution in [0.25, 0.3) is 0 Å². The van der Waals surface area contributed by atoms with Gasteiger partial charge in [-0.05, 0) is 5.56 Å². The van der Waals surface area contributed by atoms with Gasteiger partial charge in [-0.15, -0.1) is 0 Å². The number of carbonyl (C=O) groups excluding carboxylic acids is 3. The molecule has 2 amide bonds.